The molecule has 1 aromatic heterocycles. The van der Waals surface area contributed by atoms with Crippen LogP contribution in [0.25, 0.3) is 11.1 Å². The minimum atomic E-state index is 0.179. The molecular formula is C24H22N4. The van der Waals surface area contributed by atoms with Crippen LogP contribution in [0.2, 0.25) is 0 Å². The fourth-order valence-electron chi connectivity index (χ4n) is 3.94. The summed E-state index contributed by atoms with van der Waals surface area (Å²) in [5.74, 6) is 0.828. The highest BCUT2D eigenvalue weighted by atomic mass is 15.4. The van der Waals surface area contributed by atoms with Crippen molar-refractivity contribution in [1.82, 2.24) is 14.8 Å². The molecule has 0 saturated carbocycles. The summed E-state index contributed by atoms with van der Waals surface area (Å²) in [7, 11) is 0. The molecule has 28 heavy (non-hydrogen) atoms. The van der Waals surface area contributed by atoms with E-state index in [4.69, 9.17) is 0 Å². The lowest BCUT2D eigenvalue weighted by Crippen LogP contribution is -2.28. The van der Waals surface area contributed by atoms with Crippen LogP contribution in [0.15, 0.2) is 85.2 Å². The van der Waals surface area contributed by atoms with Crippen LogP contribution in [0.5, 0.6) is 0 Å². The highest BCUT2D eigenvalue weighted by Gasteiger charge is 2.29. The smallest absolute Gasteiger partial charge is 0.222 e. The van der Waals surface area contributed by atoms with Gasteiger partial charge in [0, 0.05) is 0 Å². The SMILES string of the molecule is Cc1ccc([C@H]2C[C@H](c3ccc(-c4ccccc4)cc3)Nc3ncnn32)cc1. The third-order valence-electron chi connectivity index (χ3n) is 5.51. The molecule has 138 valence electrons. The van der Waals surface area contributed by atoms with Gasteiger partial charge in [-0.25, -0.2) is 4.68 Å². The molecule has 4 heteroatoms. The first-order valence-corrected chi connectivity index (χ1v) is 9.66. The van der Waals surface area contributed by atoms with Gasteiger partial charge in [-0.15, -0.1) is 0 Å². The van der Waals surface area contributed by atoms with Crippen molar-refractivity contribution in [1.29, 1.82) is 0 Å². The van der Waals surface area contributed by atoms with Crippen LogP contribution in [0.4, 0.5) is 5.95 Å². The third-order valence-corrected chi connectivity index (χ3v) is 5.51. The summed E-state index contributed by atoms with van der Waals surface area (Å²) in [6.07, 6.45) is 2.56. The van der Waals surface area contributed by atoms with Gasteiger partial charge in [0.25, 0.3) is 0 Å². The molecule has 0 amide bonds. The van der Waals surface area contributed by atoms with Crippen molar-refractivity contribution in [2.45, 2.75) is 25.4 Å². The lowest BCUT2D eigenvalue weighted by molar-refractivity contribution is 0.431. The topological polar surface area (TPSA) is 42.7 Å². The summed E-state index contributed by atoms with van der Waals surface area (Å²) in [5, 5.41) is 8.01. The first-order valence-electron chi connectivity index (χ1n) is 9.66. The maximum absolute atomic E-state index is 4.46. The monoisotopic (exact) mass is 366 g/mol. The molecule has 2 heterocycles. The Hall–Kier alpha value is -3.40. The number of nitrogens with zero attached hydrogens (tertiary/aromatic N) is 3. The number of rotatable bonds is 3. The van der Waals surface area contributed by atoms with Crippen molar-refractivity contribution >= 4 is 5.95 Å². The van der Waals surface area contributed by atoms with Crippen LogP contribution >= 0.6 is 0 Å². The largest absolute Gasteiger partial charge is 0.348 e. The van der Waals surface area contributed by atoms with Gasteiger partial charge in [-0.1, -0.05) is 84.4 Å². The zero-order valence-corrected chi connectivity index (χ0v) is 15.8. The van der Waals surface area contributed by atoms with Gasteiger partial charge >= 0.3 is 0 Å². The molecule has 0 radical (unpaired) electrons. The Morgan fingerprint density at radius 2 is 1.50 bits per heavy atom. The molecule has 4 nitrogen and oxygen atoms in total. The molecule has 5 rings (SSSR count). The fourth-order valence-corrected chi connectivity index (χ4v) is 3.94. The summed E-state index contributed by atoms with van der Waals surface area (Å²) >= 11 is 0. The van der Waals surface area contributed by atoms with Gasteiger partial charge in [0.2, 0.25) is 5.95 Å². The number of hydrogen-bond donors (Lipinski definition) is 1. The van der Waals surface area contributed by atoms with Crippen LogP contribution in [-0.2, 0) is 0 Å². The van der Waals surface area contributed by atoms with Gasteiger partial charge in [-0.3, -0.25) is 0 Å². The van der Waals surface area contributed by atoms with Crippen molar-refractivity contribution in [3.63, 3.8) is 0 Å². The van der Waals surface area contributed by atoms with E-state index in [0.717, 1.165) is 12.4 Å². The summed E-state index contributed by atoms with van der Waals surface area (Å²) in [4.78, 5) is 4.43. The quantitative estimate of drug-likeness (QED) is 0.528. The number of nitrogens with one attached hydrogen (secondary N) is 1. The molecule has 0 bridgehead atoms. The van der Waals surface area contributed by atoms with Gasteiger partial charge in [-0.2, -0.15) is 10.1 Å². The standard InChI is InChI=1S/C24H22N4/c1-17-7-9-21(10-8-17)23-15-22(27-24-25-16-26-28(23)24)20-13-11-19(12-14-20)18-5-3-2-4-6-18/h2-14,16,22-23H,15H2,1H3,(H,25,26,27)/t22-,23-/m1/s1. The van der Waals surface area contributed by atoms with Crippen molar-refractivity contribution in [3.05, 3.63) is 102 Å². The van der Waals surface area contributed by atoms with Crippen LogP contribution in [-0.4, -0.2) is 14.8 Å². The molecule has 1 N–H and O–H groups in total. The van der Waals surface area contributed by atoms with Crippen LogP contribution in [0.1, 0.15) is 35.2 Å². The first kappa shape index (κ1) is 16.8. The average Bonchev–Trinajstić information content (AvgIpc) is 3.23. The number of fused-ring (bicyclic) bond motifs is 1. The molecule has 4 aromatic rings. The van der Waals surface area contributed by atoms with Gasteiger partial charge in [0.1, 0.15) is 6.33 Å². The lowest BCUT2D eigenvalue weighted by Gasteiger charge is -2.32. The molecule has 0 spiro atoms. The lowest BCUT2D eigenvalue weighted by atomic mass is 9.92. The van der Waals surface area contributed by atoms with Gasteiger partial charge in [-0.05, 0) is 35.6 Å². The van der Waals surface area contributed by atoms with E-state index >= 15 is 0 Å². The Kier molecular flexibility index (Phi) is 4.17. The summed E-state index contributed by atoms with van der Waals surface area (Å²) in [5.41, 5.74) is 6.28. The Bertz CT molecular complexity index is 1070. The van der Waals surface area contributed by atoms with Gasteiger partial charge in [0.05, 0.1) is 12.1 Å². The Morgan fingerprint density at radius 1 is 0.821 bits per heavy atom. The summed E-state index contributed by atoms with van der Waals surface area (Å²) in [6, 6.07) is 28.4. The minimum absolute atomic E-state index is 0.179. The molecule has 0 fully saturated rings. The number of benzene rings is 3. The Morgan fingerprint density at radius 3 is 2.25 bits per heavy atom. The minimum Gasteiger partial charge on any atom is -0.348 e. The maximum atomic E-state index is 4.46. The zero-order valence-electron chi connectivity index (χ0n) is 15.8. The second-order valence-electron chi connectivity index (χ2n) is 7.38. The number of hydrogen-bond acceptors (Lipinski definition) is 3. The van der Waals surface area contributed by atoms with Crippen LogP contribution < -0.4 is 5.32 Å². The predicted molar refractivity (Wildman–Crippen MR) is 112 cm³/mol. The normalized spacial score (nSPS) is 18.3. The van der Waals surface area contributed by atoms with Crippen molar-refractivity contribution < 1.29 is 0 Å². The van der Waals surface area contributed by atoms with Crippen LogP contribution in [0, 0.1) is 6.92 Å². The summed E-state index contributed by atoms with van der Waals surface area (Å²) < 4.78 is 2.00. The highest BCUT2D eigenvalue weighted by molar-refractivity contribution is 5.63. The summed E-state index contributed by atoms with van der Waals surface area (Å²) in [6.45, 7) is 2.12. The van der Waals surface area contributed by atoms with E-state index in [1.807, 2.05) is 10.7 Å². The van der Waals surface area contributed by atoms with Gasteiger partial charge < -0.3 is 5.32 Å². The van der Waals surface area contributed by atoms with E-state index < -0.39 is 0 Å². The van der Waals surface area contributed by atoms with Gasteiger partial charge in [0.15, 0.2) is 0 Å². The van der Waals surface area contributed by atoms with Crippen molar-refractivity contribution in [3.8, 4) is 11.1 Å². The average molecular weight is 366 g/mol. The Balaban J connectivity index is 1.45. The highest BCUT2D eigenvalue weighted by Crippen LogP contribution is 2.37. The van der Waals surface area contributed by atoms with Crippen molar-refractivity contribution in [2.24, 2.45) is 0 Å². The van der Waals surface area contributed by atoms with E-state index in [1.54, 1.807) is 6.33 Å². The van der Waals surface area contributed by atoms with E-state index in [0.29, 0.717) is 0 Å². The number of aromatic nitrogens is 3. The number of aryl methyl sites for hydroxylation is 1. The predicted octanol–water partition coefficient (Wildman–Crippen LogP) is 5.40. The van der Waals surface area contributed by atoms with E-state index in [1.165, 1.54) is 27.8 Å². The molecule has 0 unspecified atom stereocenters. The van der Waals surface area contributed by atoms with E-state index in [-0.39, 0.29) is 12.1 Å². The second kappa shape index (κ2) is 6.97. The third kappa shape index (κ3) is 3.07. The zero-order chi connectivity index (χ0) is 18.9. The van der Waals surface area contributed by atoms with E-state index in [9.17, 15) is 0 Å². The maximum Gasteiger partial charge on any atom is 0.222 e. The van der Waals surface area contributed by atoms with Crippen LogP contribution in [0.3, 0.4) is 0 Å². The fraction of sp³-hybridized carbons (Fsp3) is 0.167. The molecule has 2 atom stereocenters. The first-order chi connectivity index (χ1) is 13.8. The molecular weight excluding hydrogens is 344 g/mol. The molecule has 3 aromatic carbocycles. The number of anilines is 1. The molecule has 1 aliphatic rings. The molecule has 0 aliphatic carbocycles. The van der Waals surface area contributed by atoms with Crippen molar-refractivity contribution in [2.75, 3.05) is 5.32 Å². The second-order valence-corrected chi connectivity index (χ2v) is 7.38. The molecule has 1 aliphatic heterocycles. The molecule has 0 saturated heterocycles. The van der Waals surface area contributed by atoms with E-state index in [2.05, 4.69) is 95.1 Å². The Labute approximate surface area is 164 Å².